The molecule has 0 radical (unpaired) electrons. The molecule has 1 unspecified atom stereocenters. The van der Waals surface area contributed by atoms with Crippen LogP contribution in [0, 0.1) is 0 Å². The van der Waals surface area contributed by atoms with Crippen LogP contribution in [-0.2, 0) is 0 Å². The Morgan fingerprint density at radius 1 is 1.24 bits per heavy atom. The number of imidazole rings is 1. The molecule has 1 aromatic carbocycles. The number of amides is 1. The molecule has 3 rings (SSSR count). The maximum Gasteiger partial charge on any atom is 0.272 e. The van der Waals surface area contributed by atoms with E-state index < -0.39 is 0 Å². The smallest absolute Gasteiger partial charge is 0.272 e. The highest BCUT2D eigenvalue weighted by Crippen LogP contribution is 2.22. The third-order valence-electron chi connectivity index (χ3n) is 3.38. The zero-order valence-corrected chi connectivity index (χ0v) is 12.2. The Labute approximate surface area is 127 Å². The van der Waals surface area contributed by atoms with Crippen LogP contribution in [0.4, 0.5) is 0 Å². The highest BCUT2D eigenvalue weighted by molar-refractivity contribution is 6.31. The predicted octanol–water partition coefficient (Wildman–Crippen LogP) is 3.48. The van der Waals surface area contributed by atoms with Gasteiger partial charge in [-0.15, -0.1) is 0 Å². The van der Waals surface area contributed by atoms with E-state index in [4.69, 9.17) is 11.6 Å². The summed E-state index contributed by atoms with van der Waals surface area (Å²) in [6, 6.07) is 12.9. The lowest BCUT2D eigenvalue weighted by Crippen LogP contribution is -2.27. The molecule has 0 fully saturated rings. The second-order valence-corrected chi connectivity index (χ2v) is 5.21. The van der Waals surface area contributed by atoms with Gasteiger partial charge in [0.05, 0.1) is 11.6 Å². The van der Waals surface area contributed by atoms with Crippen molar-refractivity contribution < 1.29 is 4.79 Å². The van der Waals surface area contributed by atoms with Crippen molar-refractivity contribution in [2.75, 3.05) is 0 Å². The van der Waals surface area contributed by atoms with Crippen molar-refractivity contribution in [3.05, 3.63) is 71.3 Å². The fourth-order valence-electron chi connectivity index (χ4n) is 2.29. The molecule has 1 N–H and O–H groups in total. The molecular weight excluding hydrogens is 286 g/mol. The average Bonchev–Trinajstić information content (AvgIpc) is 2.91. The standard InChI is InChI=1S/C16H14ClN3O/c1-11(12-6-2-3-7-13(12)17)19-16(21)15-14-8-4-5-9-20(14)10-18-15/h2-11H,1H3,(H,19,21). The summed E-state index contributed by atoms with van der Waals surface area (Å²) in [5.41, 5.74) is 2.08. The zero-order valence-electron chi connectivity index (χ0n) is 11.5. The number of aromatic nitrogens is 2. The quantitative estimate of drug-likeness (QED) is 0.805. The summed E-state index contributed by atoms with van der Waals surface area (Å²) in [5, 5.41) is 3.57. The number of carbonyl (C=O) groups excluding carboxylic acids is 1. The number of hydrogen-bond acceptors (Lipinski definition) is 2. The van der Waals surface area contributed by atoms with E-state index in [0.29, 0.717) is 10.7 Å². The van der Waals surface area contributed by atoms with E-state index in [1.807, 2.05) is 60.0 Å². The Balaban J connectivity index is 1.85. The van der Waals surface area contributed by atoms with Crippen LogP contribution in [0.25, 0.3) is 5.52 Å². The zero-order chi connectivity index (χ0) is 14.8. The van der Waals surface area contributed by atoms with Crippen LogP contribution < -0.4 is 5.32 Å². The van der Waals surface area contributed by atoms with Gasteiger partial charge in [-0.3, -0.25) is 4.79 Å². The van der Waals surface area contributed by atoms with Gasteiger partial charge < -0.3 is 9.72 Å². The third-order valence-corrected chi connectivity index (χ3v) is 3.72. The van der Waals surface area contributed by atoms with E-state index >= 15 is 0 Å². The van der Waals surface area contributed by atoms with Gasteiger partial charge >= 0.3 is 0 Å². The monoisotopic (exact) mass is 299 g/mol. The molecule has 2 heterocycles. The molecule has 106 valence electrons. The number of rotatable bonds is 3. The molecular formula is C16H14ClN3O. The summed E-state index contributed by atoms with van der Waals surface area (Å²) >= 11 is 6.15. The maximum absolute atomic E-state index is 12.4. The number of hydrogen-bond donors (Lipinski definition) is 1. The van der Waals surface area contributed by atoms with Gasteiger partial charge in [-0.05, 0) is 30.7 Å². The van der Waals surface area contributed by atoms with Crippen molar-refractivity contribution in [3.8, 4) is 0 Å². The van der Waals surface area contributed by atoms with E-state index in [9.17, 15) is 4.79 Å². The number of nitrogens with one attached hydrogen (secondary N) is 1. The van der Waals surface area contributed by atoms with Crippen LogP contribution in [0.3, 0.4) is 0 Å². The fraction of sp³-hybridized carbons (Fsp3) is 0.125. The number of nitrogens with zero attached hydrogens (tertiary/aromatic N) is 2. The number of halogens is 1. The van der Waals surface area contributed by atoms with Crippen LogP contribution in [-0.4, -0.2) is 15.3 Å². The van der Waals surface area contributed by atoms with Gasteiger partial charge in [0.1, 0.15) is 6.33 Å². The second-order valence-electron chi connectivity index (χ2n) is 4.80. The lowest BCUT2D eigenvalue weighted by Gasteiger charge is -2.15. The minimum absolute atomic E-state index is 0.188. The molecule has 0 aliphatic heterocycles. The van der Waals surface area contributed by atoms with E-state index in [2.05, 4.69) is 10.3 Å². The minimum Gasteiger partial charge on any atom is -0.344 e. The Kier molecular flexibility index (Phi) is 3.62. The number of carbonyl (C=O) groups is 1. The summed E-state index contributed by atoms with van der Waals surface area (Å²) in [7, 11) is 0. The van der Waals surface area contributed by atoms with Crippen molar-refractivity contribution in [2.45, 2.75) is 13.0 Å². The first-order valence-electron chi connectivity index (χ1n) is 6.64. The van der Waals surface area contributed by atoms with Gasteiger partial charge in [-0.1, -0.05) is 35.9 Å². The lowest BCUT2D eigenvalue weighted by atomic mass is 10.1. The molecule has 5 heteroatoms. The summed E-state index contributed by atoms with van der Waals surface area (Å²) in [5.74, 6) is -0.212. The van der Waals surface area contributed by atoms with Crippen molar-refractivity contribution in [2.24, 2.45) is 0 Å². The van der Waals surface area contributed by atoms with Gasteiger partial charge in [0, 0.05) is 11.2 Å². The summed E-state index contributed by atoms with van der Waals surface area (Å²) in [6.45, 7) is 1.90. The number of pyridine rings is 1. The Morgan fingerprint density at radius 2 is 2.00 bits per heavy atom. The molecule has 21 heavy (non-hydrogen) atoms. The van der Waals surface area contributed by atoms with E-state index in [1.54, 1.807) is 6.33 Å². The molecule has 2 aromatic heterocycles. The van der Waals surface area contributed by atoms with Gasteiger partial charge in [0.15, 0.2) is 5.69 Å². The average molecular weight is 300 g/mol. The molecule has 0 aliphatic rings. The molecule has 0 saturated carbocycles. The van der Waals surface area contributed by atoms with Crippen LogP contribution >= 0.6 is 11.6 Å². The Morgan fingerprint density at radius 3 is 2.81 bits per heavy atom. The van der Waals surface area contributed by atoms with Gasteiger partial charge in [-0.25, -0.2) is 4.98 Å². The van der Waals surface area contributed by atoms with Crippen LogP contribution in [0.1, 0.15) is 29.0 Å². The largest absolute Gasteiger partial charge is 0.344 e. The molecule has 0 spiro atoms. The lowest BCUT2D eigenvalue weighted by molar-refractivity contribution is 0.0937. The van der Waals surface area contributed by atoms with Crippen molar-refractivity contribution in [3.63, 3.8) is 0 Å². The number of benzene rings is 1. The van der Waals surface area contributed by atoms with E-state index in [0.717, 1.165) is 11.1 Å². The van der Waals surface area contributed by atoms with Crippen molar-refractivity contribution in [1.82, 2.24) is 14.7 Å². The minimum atomic E-state index is -0.212. The molecule has 1 amide bonds. The summed E-state index contributed by atoms with van der Waals surface area (Å²) < 4.78 is 1.81. The highest BCUT2D eigenvalue weighted by Gasteiger charge is 2.17. The molecule has 3 aromatic rings. The van der Waals surface area contributed by atoms with Gasteiger partial charge in [0.2, 0.25) is 0 Å². The third kappa shape index (κ3) is 2.62. The van der Waals surface area contributed by atoms with Gasteiger partial charge in [-0.2, -0.15) is 0 Å². The maximum atomic E-state index is 12.4. The van der Waals surface area contributed by atoms with E-state index in [1.165, 1.54) is 0 Å². The topological polar surface area (TPSA) is 46.4 Å². The first-order chi connectivity index (χ1) is 10.2. The first-order valence-corrected chi connectivity index (χ1v) is 7.01. The molecule has 1 atom stereocenters. The highest BCUT2D eigenvalue weighted by atomic mass is 35.5. The normalized spacial score (nSPS) is 12.3. The van der Waals surface area contributed by atoms with Crippen molar-refractivity contribution >= 4 is 23.0 Å². The summed E-state index contributed by atoms with van der Waals surface area (Å²) in [4.78, 5) is 16.6. The van der Waals surface area contributed by atoms with Crippen LogP contribution in [0.2, 0.25) is 5.02 Å². The Bertz CT molecular complexity index is 797. The fourth-order valence-corrected chi connectivity index (χ4v) is 2.59. The SMILES string of the molecule is CC(NC(=O)c1ncn2ccccc12)c1ccccc1Cl. The summed E-state index contributed by atoms with van der Waals surface area (Å²) in [6.07, 6.45) is 3.49. The first kappa shape index (κ1) is 13.6. The molecule has 4 nitrogen and oxygen atoms in total. The predicted molar refractivity (Wildman–Crippen MR) is 82.5 cm³/mol. The van der Waals surface area contributed by atoms with Crippen molar-refractivity contribution in [1.29, 1.82) is 0 Å². The Hall–Kier alpha value is -2.33. The van der Waals surface area contributed by atoms with Crippen LogP contribution in [0.15, 0.2) is 55.0 Å². The molecule has 0 bridgehead atoms. The molecule has 0 saturated heterocycles. The number of fused-ring (bicyclic) bond motifs is 1. The van der Waals surface area contributed by atoms with E-state index in [-0.39, 0.29) is 11.9 Å². The van der Waals surface area contributed by atoms with Gasteiger partial charge in [0.25, 0.3) is 5.91 Å². The second kappa shape index (κ2) is 5.58. The molecule has 0 aliphatic carbocycles. The van der Waals surface area contributed by atoms with Crippen LogP contribution in [0.5, 0.6) is 0 Å².